The second-order valence-corrected chi connectivity index (χ2v) is 4.41. The van der Waals surface area contributed by atoms with Crippen LogP contribution in [0.5, 0.6) is 0 Å². The van der Waals surface area contributed by atoms with E-state index in [1.807, 2.05) is 42.3 Å². The molecule has 1 saturated heterocycles. The summed E-state index contributed by atoms with van der Waals surface area (Å²) in [6.07, 6.45) is 2.76. The van der Waals surface area contributed by atoms with E-state index in [-0.39, 0.29) is 0 Å². The van der Waals surface area contributed by atoms with Crippen LogP contribution in [0.25, 0.3) is 0 Å². The van der Waals surface area contributed by atoms with E-state index in [1.165, 1.54) is 0 Å². The standard InChI is InChI=1S/C13H17NO2/c1-14-10-6-5-9-13(14,12(15)16)11-7-3-2-4-8-11/h2-4,7-8H,5-6,9-10H2,1H3,(H,15,16). The van der Waals surface area contributed by atoms with Crippen LogP contribution in [0, 0.1) is 0 Å². The highest BCUT2D eigenvalue weighted by atomic mass is 16.4. The Bertz CT molecular complexity index is 377. The summed E-state index contributed by atoms with van der Waals surface area (Å²) in [5, 5.41) is 9.57. The van der Waals surface area contributed by atoms with Crippen molar-refractivity contribution in [2.45, 2.75) is 24.8 Å². The van der Waals surface area contributed by atoms with Crippen molar-refractivity contribution in [1.29, 1.82) is 0 Å². The molecule has 1 fully saturated rings. The Morgan fingerprint density at radius 2 is 2.00 bits per heavy atom. The molecule has 1 atom stereocenters. The third kappa shape index (κ3) is 1.61. The molecular formula is C13H17NO2. The van der Waals surface area contributed by atoms with Crippen LogP contribution in [0.1, 0.15) is 24.8 Å². The number of likely N-dealkylation sites (N-methyl/N-ethyl adjacent to an activating group) is 1. The molecule has 2 rings (SSSR count). The topological polar surface area (TPSA) is 40.5 Å². The van der Waals surface area contributed by atoms with Crippen LogP contribution in [0.2, 0.25) is 0 Å². The molecule has 0 aromatic heterocycles. The molecule has 0 aliphatic carbocycles. The van der Waals surface area contributed by atoms with Gasteiger partial charge in [0.25, 0.3) is 0 Å². The zero-order chi connectivity index (χ0) is 11.6. The third-order valence-electron chi connectivity index (χ3n) is 3.54. The summed E-state index contributed by atoms with van der Waals surface area (Å²) in [7, 11) is 1.90. The van der Waals surface area contributed by atoms with Gasteiger partial charge < -0.3 is 5.11 Å². The lowest BCUT2D eigenvalue weighted by molar-refractivity contribution is -0.154. The van der Waals surface area contributed by atoms with Crippen LogP contribution in [-0.4, -0.2) is 29.6 Å². The zero-order valence-electron chi connectivity index (χ0n) is 9.52. The van der Waals surface area contributed by atoms with Gasteiger partial charge in [-0.3, -0.25) is 4.90 Å². The molecule has 1 heterocycles. The molecule has 3 heteroatoms. The minimum Gasteiger partial charge on any atom is -0.480 e. The molecule has 0 radical (unpaired) electrons. The average molecular weight is 219 g/mol. The largest absolute Gasteiger partial charge is 0.480 e. The van der Waals surface area contributed by atoms with Gasteiger partial charge in [-0.2, -0.15) is 0 Å². The number of carboxylic acids is 1. The van der Waals surface area contributed by atoms with Crippen LogP contribution in [-0.2, 0) is 10.3 Å². The monoisotopic (exact) mass is 219 g/mol. The summed E-state index contributed by atoms with van der Waals surface area (Å²) >= 11 is 0. The van der Waals surface area contributed by atoms with Gasteiger partial charge in [0.2, 0.25) is 0 Å². The predicted molar refractivity (Wildman–Crippen MR) is 62.2 cm³/mol. The Balaban J connectivity index is 2.46. The molecular weight excluding hydrogens is 202 g/mol. The molecule has 16 heavy (non-hydrogen) atoms. The van der Waals surface area contributed by atoms with Crippen LogP contribution >= 0.6 is 0 Å². The zero-order valence-corrected chi connectivity index (χ0v) is 9.52. The van der Waals surface area contributed by atoms with E-state index in [2.05, 4.69) is 0 Å². The highest BCUT2D eigenvalue weighted by molar-refractivity contribution is 5.81. The quantitative estimate of drug-likeness (QED) is 0.828. The number of carbonyl (C=O) groups is 1. The molecule has 1 aromatic rings. The fourth-order valence-electron chi connectivity index (χ4n) is 2.58. The molecule has 0 saturated carbocycles. The van der Waals surface area contributed by atoms with Gasteiger partial charge in [0.15, 0.2) is 0 Å². The second-order valence-electron chi connectivity index (χ2n) is 4.41. The second kappa shape index (κ2) is 4.26. The Morgan fingerprint density at radius 3 is 2.56 bits per heavy atom. The fourth-order valence-corrected chi connectivity index (χ4v) is 2.58. The van der Waals surface area contributed by atoms with Crippen LogP contribution < -0.4 is 0 Å². The molecule has 0 amide bonds. The number of benzene rings is 1. The highest BCUT2D eigenvalue weighted by Crippen LogP contribution is 2.36. The van der Waals surface area contributed by atoms with Crippen molar-refractivity contribution in [2.75, 3.05) is 13.6 Å². The van der Waals surface area contributed by atoms with Crippen molar-refractivity contribution >= 4 is 5.97 Å². The minimum atomic E-state index is -0.820. The lowest BCUT2D eigenvalue weighted by Gasteiger charge is -2.42. The van der Waals surface area contributed by atoms with E-state index in [9.17, 15) is 9.90 Å². The summed E-state index contributed by atoms with van der Waals surface area (Å²) in [6, 6.07) is 9.55. The van der Waals surface area contributed by atoms with E-state index in [4.69, 9.17) is 0 Å². The van der Waals surface area contributed by atoms with Crippen LogP contribution in [0.15, 0.2) is 30.3 Å². The lowest BCUT2D eigenvalue weighted by atomic mass is 9.81. The first-order valence-electron chi connectivity index (χ1n) is 5.68. The van der Waals surface area contributed by atoms with E-state index < -0.39 is 11.5 Å². The van der Waals surface area contributed by atoms with Gasteiger partial charge in [0, 0.05) is 0 Å². The molecule has 3 nitrogen and oxygen atoms in total. The van der Waals surface area contributed by atoms with Gasteiger partial charge >= 0.3 is 5.97 Å². The molecule has 1 N–H and O–H groups in total. The van der Waals surface area contributed by atoms with Crippen molar-refractivity contribution in [2.24, 2.45) is 0 Å². The summed E-state index contributed by atoms with van der Waals surface area (Å²) in [6.45, 7) is 0.848. The lowest BCUT2D eigenvalue weighted by Crippen LogP contribution is -2.52. The first kappa shape index (κ1) is 11.1. The molecule has 1 aliphatic heterocycles. The Hall–Kier alpha value is -1.35. The SMILES string of the molecule is CN1CCCCC1(C(=O)O)c1ccccc1. The maximum absolute atomic E-state index is 11.6. The van der Waals surface area contributed by atoms with E-state index in [1.54, 1.807) is 0 Å². The van der Waals surface area contributed by atoms with Crippen molar-refractivity contribution in [3.8, 4) is 0 Å². The van der Waals surface area contributed by atoms with E-state index in [0.29, 0.717) is 6.42 Å². The number of carboxylic acid groups (broad SMARTS) is 1. The molecule has 86 valence electrons. The number of likely N-dealkylation sites (tertiary alicyclic amines) is 1. The first-order chi connectivity index (χ1) is 7.68. The van der Waals surface area contributed by atoms with Crippen molar-refractivity contribution in [3.63, 3.8) is 0 Å². The molecule has 1 unspecified atom stereocenters. The smallest absolute Gasteiger partial charge is 0.328 e. The highest BCUT2D eigenvalue weighted by Gasteiger charge is 2.45. The third-order valence-corrected chi connectivity index (χ3v) is 3.54. The summed E-state index contributed by atoms with van der Waals surface area (Å²) in [5.74, 6) is -0.735. The fraction of sp³-hybridized carbons (Fsp3) is 0.462. The van der Waals surface area contributed by atoms with Gasteiger partial charge in [-0.15, -0.1) is 0 Å². The number of nitrogens with zero attached hydrogens (tertiary/aromatic N) is 1. The summed E-state index contributed by atoms with van der Waals surface area (Å²) < 4.78 is 0. The van der Waals surface area contributed by atoms with Crippen LogP contribution in [0.4, 0.5) is 0 Å². The van der Waals surface area contributed by atoms with Crippen molar-refractivity contribution < 1.29 is 9.90 Å². The minimum absolute atomic E-state index is 0.697. The molecule has 1 aromatic carbocycles. The normalized spacial score (nSPS) is 26.6. The molecule has 0 bridgehead atoms. The van der Waals surface area contributed by atoms with Crippen molar-refractivity contribution in [1.82, 2.24) is 4.90 Å². The maximum Gasteiger partial charge on any atom is 0.328 e. The maximum atomic E-state index is 11.6. The Labute approximate surface area is 95.7 Å². The van der Waals surface area contributed by atoms with Gasteiger partial charge in [0.1, 0.15) is 5.54 Å². The molecule has 1 aliphatic rings. The first-order valence-corrected chi connectivity index (χ1v) is 5.68. The van der Waals surface area contributed by atoms with Gasteiger partial charge in [-0.05, 0) is 38.4 Å². The van der Waals surface area contributed by atoms with E-state index >= 15 is 0 Å². The number of piperidine rings is 1. The van der Waals surface area contributed by atoms with Crippen LogP contribution in [0.3, 0.4) is 0 Å². The predicted octanol–water partition coefficient (Wildman–Crippen LogP) is 2.08. The summed E-state index contributed by atoms with van der Waals surface area (Å²) in [5.41, 5.74) is 0.0733. The number of rotatable bonds is 2. The van der Waals surface area contributed by atoms with Gasteiger partial charge in [-0.1, -0.05) is 30.3 Å². The van der Waals surface area contributed by atoms with Crippen molar-refractivity contribution in [3.05, 3.63) is 35.9 Å². The number of hydrogen-bond donors (Lipinski definition) is 1. The van der Waals surface area contributed by atoms with E-state index in [0.717, 1.165) is 24.9 Å². The average Bonchev–Trinajstić information content (AvgIpc) is 2.30. The Morgan fingerprint density at radius 1 is 1.31 bits per heavy atom. The van der Waals surface area contributed by atoms with Gasteiger partial charge in [0.05, 0.1) is 0 Å². The molecule has 0 spiro atoms. The number of hydrogen-bond acceptors (Lipinski definition) is 2. The summed E-state index contributed by atoms with van der Waals surface area (Å²) in [4.78, 5) is 13.6. The van der Waals surface area contributed by atoms with Gasteiger partial charge in [-0.25, -0.2) is 4.79 Å². The number of aliphatic carboxylic acids is 1. The Kier molecular flexibility index (Phi) is 2.97.